The van der Waals surface area contributed by atoms with Crippen molar-refractivity contribution < 1.29 is 18.8 Å². The number of carbonyl (C=O) groups excluding carboxylic acids is 1. The molecule has 36 heavy (non-hydrogen) atoms. The van der Waals surface area contributed by atoms with E-state index in [1.54, 1.807) is 0 Å². The molecule has 2 bridgehead atoms. The van der Waals surface area contributed by atoms with Crippen LogP contribution in [0.15, 0.2) is 72.8 Å². The van der Waals surface area contributed by atoms with Crippen LogP contribution < -0.4 is 10.1 Å². The van der Waals surface area contributed by atoms with Crippen molar-refractivity contribution >= 4 is 11.8 Å². The number of carbonyl (C=O) groups is 1. The van der Waals surface area contributed by atoms with Crippen molar-refractivity contribution in [3.8, 4) is 5.75 Å². The molecule has 1 atom stereocenters. The van der Waals surface area contributed by atoms with Crippen LogP contribution in [-0.2, 0) is 24.0 Å². The highest BCUT2D eigenvalue weighted by Crippen LogP contribution is 2.36. The number of piperidine rings is 3. The Hall–Kier alpha value is -3.31. The first-order valence-corrected chi connectivity index (χ1v) is 13.4. The molecular formula is C31H35N2O3+. The van der Waals surface area contributed by atoms with Crippen LogP contribution in [0.25, 0.3) is 0 Å². The second-order valence-electron chi connectivity index (χ2n) is 10.7. The van der Waals surface area contributed by atoms with Gasteiger partial charge in [-0.05, 0) is 40.8 Å². The number of benzene rings is 3. The average molecular weight is 484 g/mol. The smallest absolute Gasteiger partial charge is 0.412 e. The normalized spacial score (nSPS) is 24.1. The van der Waals surface area contributed by atoms with Crippen LogP contribution in [0.3, 0.4) is 0 Å². The van der Waals surface area contributed by atoms with E-state index >= 15 is 0 Å². The Kier molecular flexibility index (Phi) is 6.41. The Labute approximate surface area is 213 Å². The summed E-state index contributed by atoms with van der Waals surface area (Å²) in [7, 11) is 0. The number of para-hydroxylation sites is 1. The van der Waals surface area contributed by atoms with Crippen LogP contribution in [0.5, 0.6) is 5.75 Å². The first-order chi connectivity index (χ1) is 17.7. The number of nitrogens with one attached hydrogen (secondary N) is 1. The van der Waals surface area contributed by atoms with E-state index in [2.05, 4.69) is 41.7 Å². The molecule has 3 aromatic rings. The molecule has 3 aromatic carbocycles. The van der Waals surface area contributed by atoms with Gasteiger partial charge in [0.1, 0.15) is 12.3 Å². The molecule has 4 aliphatic rings. The first-order valence-electron chi connectivity index (χ1n) is 13.4. The fourth-order valence-corrected chi connectivity index (χ4v) is 6.32. The third-order valence-corrected chi connectivity index (χ3v) is 8.42. The Morgan fingerprint density at radius 1 is 0.972 bits per heavy atom. The van der Waals surface area contributed by atoms with Crippen molar-refractivity contribution in [1.29, 1.82) is 0 Å². The number of ether oxygens (including phenoxy) is 2. The maximum absolute atomic E-state index is 13.0. The molecule has 5 heteroatoms. The second kappa shape index (κ2) is 9.98. The summed E-state index contributed by atoms with van der Waals surface area (Å²) in [5, 5.41) is 3.05. The molecule has 4 heterocycles. The van der Waals surface area contributed by atoms with E-state index in [0.717, 1.165) is 73.3 Å². The van der Waals surface area contributed by atoms with Crippen molar-refractivity contribution in [1.82, 2.24) is 0 Å². The summed E-state index contributed by atoms with van der Waals surface area (Å²) in [4.78, 5) is 13.0. The Bertz CT molecular complexity index is 1220. The molecule has 0 saturated carbocycles. The molecule has 1 N–H and O–H groups in total. The predicted molar refractivity (Wildman–Crippen MR) is 141 cm³/mol. The molecule has 0 spiro atoms. The van der Waals surface area contributed by atoms with Crippen LogP contribution in [-0.4, -0.2) is 49.5 Å². The lowest BCUT2D eigenvalue weighted by Crippen LogP contribution is -2.65. The molecule has 5 nitrogen and oxygen atoms in total. The van der Waals surface area contributed by atoms with E-state index < -0.39 is 0 Å². The molecule has 7 rings (SSSR count). The number of amides is 1. The molecule has 1 amide bonds. The lowest BCUT2D eigenvalue weighted by molar-refractivity contribution is -0.945. The van der Waals surface area contributed by atoms with Crippen molar-refractivity contribution in [3.05, 3.63) is 95.1 Å². The van der Waals surface area contributed by atoms with Crippen molar-refractivity contribution in [2.45, 2.75) is 38.2 Å². The van der Waals surface area contributed by atoms with Crippen LogP contribution in [0, 0.1) is 5.92 Å². The number of rotatable bonds is 7. The highest BCUT2D eigenvalue weighted by molar-refractivity contribution is 5.86. The van der Waals surface area contributed by atoms with E-state index in [-0.39, 0.29) is 12.2 Å². The van der Waals surface area contributed by atoms with E-state index in [1.165, 1.54) is 29.8 Å². The number of fused-ring (bicyclic) bond motifs is 4. The SMILES string of the molecule is O=C(Nc1ccccc1Cc1ccccc1)OC1C[N+]2(CCc3ccc4c(c3)CCO4)CCC1CC2. The molecule has 0 aromatic heterocycles. The molecule has 3 saturated heterocycles. The monoisotopic (exact) mass is 483 g/mol. The van der Waals surface area contributed by atoms with Crippen LogP contribution in [0.2, 0.25) is 0 Å². The summed E-state index contributed by atoms with van der Waals surface area (Å²) in [5.74, 6) is 1.53. The summed E-state index contributed by atoms with van der Waals surface area (Å²) in [6.07, 6.45) is 4.79. The third-order valence-electron chi connectivity index (χ3n) is 8.42. The molecule has 3 fully saturated rings. The van der Waals surface area contributed by atoms with Crippen LogP contribution in [0.4, 0.5) is 10.5 Å². The zero-order valence-electron chi connectivity index (χ0n) is 20.8. The standard InChI is InChI=1S/C31H34N2O3/c34-31(32-28-9-5-4-8-26(28)20-23-6-2-1-3-7-23)36-30-22-33(17-13-25(30)14-18-33)16-12-24-10-11-29-27(21-24)15-19-35-29/h1-11,21,25,30H,12-20,22H2/p+1. The minimum atomic E-state index is -0.328. The molecule has 0 aliphatic carbocycles. The van der Waals surface area contributed by atoms with Crippen molar-refractivity contribution in [2.24, 2.45) is 5.92 Å². The summed E-state index contributed by atoms with van der Waals surface area (Å²) in [6.45, 7) is 5.23. The largest absolute Gasteiger partial charge is 0.493 e. The van der Waals surface area contributed by atoms with Gasteiger partial charge in [0.2, 0.25) is 0 Å². The quantitative estimate of drug-likeness (QED) is 0.444. The first kappa shape index (κ1) is 23.1. The fraction of sp³-hybridized carbons (Fsp3) is 0.387. The van der Waals surface area contributed by atoms with Gasteiger partial charge in [0.15, 0.2) is 6.10 Å². The van der Waals surface area contributed by atoms with Crippen molar-refractivity contribution in [3.63, 3.8) is 0 Å². The summed E-state index contributed by atoms with van der Waals surface area (Å²) >= 11 is 0. The molecule has 0 radical (unpaired) electrons. The molecule has 4 aliphatic heterocycles. The highest BCUT2D eigenvalue weighted by Gasteiger charge is 2.47. The number of nitrogens with zero attached hydrogens (tertiary/aromatic N) is 1. The van der Waals surface area contributed by atoms with Gasteiger partial charge in [-0.15, -0.1) is 0 Å². The van der Waals surface area contributed by atoms with Crippen molar-refractivity contribution in [2.75, 3.05) is 38.1 Å². The average Bonchev–Trinajstić information content (AvgIpc) is 3.38. The highest BCUT2D eigenvalue weighted by atomic mass is 16.6. The number of hydrogen-bond acceptors (Lipinski definition) is 3. The van der Waals surface area contributed by atoms with Crippen LogP contribution in [0.1, 0.15) is 35.1 Å². The van der Waals surface area contributed by atoms with Gasteiger partial charge in [0.05, 0.1) is 26.2 Å². The molecule has 186 valence electrons. The zero-order chi connectivity index (χ0) is 24.4. The lowest BCUT2D eigenvalue weighted by atomic mass is 9.83. The number of hydrogen-bond donors (Lipinski definition) is 1. The second-order valence-corrected chi connectivity index (χ2v) is 10.7. The predicted octanol–water partition coefficient (Wildman–Crippen LogP) is 5.61. The van der Waals surface area contributed by atoms with Gasteiger partial charge in [-0.3, -0.25) is 5.32 Å². The van der Waals surface area contributed by atoms with Crippen LogP contribution >= 0.6 is 0 Å². The van der Waals surface area contributed by atoms with Gasteiger partial charge < -0.3 is 14.0 Å². The van der Waals surface area contributed by atoms with Gasteiger partial charge in [0.25, 0.3) is 0 Å². The van der Waals surface area contributed by atoms with Gasteiger partial charge >= 0.3 is 6.09 Å². The Morgan fingerprint density at radius 3 is 2.64 bits per heavy atom. The maximum atomic E-state index is 13.0. The Morgan fingerprint density at radius 2 is 1.78 bits per heavy atom. The van der Waals surface area contributed by atoms with Gasteiger partial charge in [0, 0.05) is 37.3 Å². The third kappa shape index (κ3) is 4.98. The summed E-state index contributed by atoms with van der Waals surface area (Å²) in [6, 6.07) is 25.0. The van der Waals surface area contributed by atoms with E-state index in [4.69, 9.17) is 9.47 Å². The number of quaternary nitrogens is 1. The van der Waals surface area contributed by atoms with Gasteiger partial charge in [-0.25, -0.2) is 4.79 Å². The minimum absolute atomic E-state index is 0.0118. The van der Waals surface area contributed by atoms with Gasteiger partial charge in [-0.1, -0.05) is 60.7 Å². The van der Waals surface area contributed by atoms with Gasteiger partial charge in [-0.2, -0.15) is 0 Å². The fourth-order valence-electron chi connectivity index (χ4n) is 6.32. The molecule has 1 unspecified atom stereocenters. The van der Waals surface area contributed by atoms with E-state index in [0.29, 0.717) is 5.92 Å². The van der Waals surface area contributed by atoms with E-state index in [1.807, 2.05) is 36.4 Å². The molecular weight excluding hydrogens is 448 g/mol. The zero-order valence-corrected chi connectivity index (χ0v) is 20.8. The lowest BCUT2D eigenvalue weighted by Gasteiger charge is -2.52. The minimum Gasteiger partial charge on any atom is -0.493 e. The maximum Gasteiger partial charge on any atom is 0.412 e. The summed E-state index contributed by atoms with van der Waals surface area (Å²) in [5.41, 5.74) is 5.88. The topological polar surface area (TPSA) is 47.6 Å². The Balaban J connectivity index is 1.08. The number of anilines is 1. The summed E-state index contributed by atoms with van der Waals surface area (Å²) < 4.78 is 12.8. The van der Waals surface area contributed by atoms with E-state index in [9.17, 15) is 4.79 Å².